The van der Waals surface area contributed by atoms with Crippen molar-refractivity contribution >= 4 is 21.7 Å². The summed E-state index contributed by atoms with van der Waals surface area (Å²) in [5, 5.41) is 16.0. The molecule has 1 aromatic heterocycles. The second kappa shape index (κ2) is 6.50. The molecule has 2 rings (SSSR count). The number of aromatic nitrogens is 2. The summed E-state index contributed by atoms with van der Waals surface area (Å²) in [6.45, 7) is -0.0276. The molecular weight excluding hydrogens is 310 g/mol. The second-order valence-corrected chi connectivity index (χ2v) is 6.01. The molecule has 1 amide bonds. The van der Waals surface area contributed by atoms with Gasteiger partial charge in [-0.2, -0.15) is 8.42 Å². The maximum absolute atomic E-state index is 12.0. The molecular formula is C13H14N3O5S+. The molecule has 9 heteroatoms. The van der Waals surface area contributed by atoms with E-state index in [1.54, 1.807) is 18.2 Å². The van der Waals surface area contributed by atoms with E-state index in [1.165, 1.54) is 29.2 Å². The van der Waals surface area contributed by atoms with Gasteiger partial charge in [0.1, 0.15) is 17.7 Å². The first-order chi connectivity index (χ1) is 10.3. The SMILES string of the molecule is O=C(Nc1ccccc1O)c1cc[n+](CCS(=O)(=O)O)nc1. The van der Waals surface area contributed by atoms with Gasteiger partial charge in [0.15, 0.2) is 12.7 Å². The maximum atomic E-state index is 12.0. The fourth-order valence-electron chi connectivity index (χ4n) is 1.63. The van der Waals surface area contributed by atoms with Crippen LogP contribution in [0.5, 0.6) is 5.75 Å². The van der Waals surface area contributed by atoms with Crippen molar-refractivity contribution in [1.29, 1.82) is 0 Å². The number of benzene rings is 1. The van der Waals surface area contributed by atoms with Gasteiger partial charge in [0.25, 0.3) is 16.0 Å². The number of phenolic OH excluding ortho intramolecular Hbond substituents is 1. The molecule has 3 N–H and O–H groups in total. The number of para-hydroxylation sites is 2. The number of nitrogens with one attached hydrogen (secondary N) is 1. The molecule has 1 heterocycles. The molecule has 0 aliphatic carbocycles. The van der Waals surface area contributed by atoms with E-state index in [2.05, 4.69) is 10.4 Å². The number of hydrogen-bond donors (Lipinski definition) is 3. The maximum Gasteiger partial charge on any atom is 0.271 e. The Kier molecular flexibility index (Phi) is 4.68. The zero-order valence-corrected chi connectivity index (χ0v) is 12.2. The van der Waals surface area contributed by atoms with Gasteiger partial charge >= 0.3 is 0 Å². The highest BCUT2D eigenvalue weighted by Crippen LogP contribution is 2.21. The molecule has 0 spiro atoms. The van der Waals surface area contributed by atoms with Gasteiger partial charge in [0.05, 0.1) is 11.3 Å². The number of carbonyl (C=O) groups excluding carboxylic acids is 1. The summed E-state index contributed by atoms with van der Waals surface area (Å²) in [6, 6.07) is 7.75. The van der Waals surface area contributed by atoms with Crippen molar-refractivity contribution in [2.24, 2.45) is 0 Å². The first-order valence-electron chi connectivity index (χ1n) is 6.25. The number of amides is 1. The van der Waals surface area contributed by atoms with E-state index in [0.29, 0.717) is 0 Å². The predicted molar refractivity (Wildman–Crippen MR) is 76.9 cm³/mol. The van der Waals surface area contributed by atoms with Crippen LogP contribution < -0.4 is 10.00 Å². The van der Waals surface area contributed by atoms with E-state index < -0.39 is 21.8 Å². The largest absolute Gasteiger partial charge is 0.506 e. The summed E-state index contributed by atoms with van der Waals surface area (Å²) in [5.74, 6) is -0.979. The lowest BCUT2D eigenvalue weighted by Gasteiger charge is -2.05. The van der Waals surface area contributed by atoms with E-state index in [9.17, 15) is 18.3 Å². The molecule has 0 aliphatic heterocycles. The molecule has 0 saturated heterocycles. The fourth-order valence-corrected chi connectivity index (χ4v) is 2.05. The molecule has 22 heavy (non-hydrogen) atoms. The smallest absolute Gasteiger partial charge is 0.271 e. The zero-order chi connectivity index (χ0) is 16.2. The molecule has 0 aliphatic rings. The van der Waals surface area contributed by atoms with Gasteiger partial charge in [-0.3, -0.25) is 9.35 Å². The summed E-state index contributed by atoms with van der Waals surface area (Å²) < 4.78 is 31.2. The van der Waals surface area contributed by atoms with Crippen LogP contribution in [0.25, 0.3) is 0 Å². The second-order valence-electron chi connectivity index (χ2n) is 4.44. The van der Waals surface area contributed by atoms with Crippen LogP contribution in [0.1, 0.15) is 10.4 Å². The van der Waals surface area contributed by atoms with E-state index in [-0.39, 0.29) is 23.5 Å². The van der Waals surface area contributed by atoms with Crippen LogP contribution in [-0.2, 0) is 16.7 Å². The van der Waals surface area contributed by atoms with Crippen LogP contribution >= 0.6 is 0 Å². The Morgan fingerprint density at radius 1 is 1.27 bits per heavy atom. The van der Waals surface area contributed by atoms with Crippen LogP contribution in [0.3, 0.4) is 0 Å². The Hall–Kier alpha value is -2.52. The molecule has 116 valence electrons. The Morgan fingerprint density at radius 2 is 2.00 bits per heavy atom. The number of anilines is 1. The summed E-state index contributed by atoms with van der Waals surface area (Å²) >= 11 is 0. The standard InChI is InChI=1S/C13H13N3O5S/c17-12-4-2-1-3-11(12)15-13(18)10-5-6-16(14-9-10)7-8-22(19,20)21/h1-6,9H,7-8H2,(H2,14,18,19,20,21)/p+1. The van der Waals surface area contributed by atoms with Crippen molar-refractivity contribution in [3.05, 3.63) is 48.3 Å². The lowest BCUT2D eigenvalue weighted by molar-refractivity contribution is -0.750. The summed E-state index contributed by atoms with van der Waals surface area (Å²) in [7, 11) is -4.06. The van der Waals surface area contributed by atoms with Crippen molar-refractivity contribution in [3.8, 4) is 5.75 Å². The van der Waals surface area contributed by atoms with Crippen molar-refractivity contribution in [3.63, 3.8) is 0 Å². The first-order valence-corrected chi connectivity index (χ1v) is 7.86. The minimum Gasteiger partial charge on any atom is -0.506 e. The highest BCUT2D eigenvalue weighted by molar-refractivity contribution is 7.85. The Labute approximate surface area is 126 Å². The molecule has 0 bridgehead atoms. The quantitative estimate of drug-likeness (QED) is 0.411. The molecule has 2 aromatic rings. The number of aromatic hydroxyl groups is 1. The van der Waals surface area contributed by atoms with Crippen molar-refractivity contribution in [2.75, 3.05) is 11.1 Å². The van der Waals surface area contributed by atoms with Crippen molar-refractivity contribution in [2.45, 2.75) is 6.54 Å². The molecule has 0 saturated carbocycles. The van der Waals surface area contributed by atoms with Gasteiger partial charge in [-0.05, 0) is 17.2 Å². The summed E-state index contributed by atoms with van der Waals surface area (Å²) in [5.41, 5.74) is 0.516. The normalized spacial score (nSPS) is 11.1. The Balaban J connectivity index is 2.04. The minimum atomic E-state index is -4.06. The van der Waals surface area contributed by atoms with Crippen LogP contribution in [0.2, 0.25) is 0 Å². The van der Waals surface area contributed by atoms with Gasteiger partial charge in [-0.25, -0.2) is 0 Å². The third-order valence-corrected chi connectivity index (χ3v) is 3.46. The number of carbonyl (C=O) groups is 1. The molecule has 0 unspecified atom stereocenters. The molecule has 8 nitrogen and oxygen atoms in total. The zero-order valence-electron chi connectivity index (χ0n) is 11.4. The van der Waals surface area contributed by atoms with Gasteiger partial charge in [-0.1, -0.05) is 16.8 Å². The van der Waals surface area contributed by atoms with Crippen LogP contribution in [0.15, 0.2) is 42.7 Å². The topological polar surface area (TPSA) is 120 Å². The monoisotopic (exact) mass is 324 g/mol. The van der Waals surface area contributed by atoms with E-state index in [0.717, 1.165) is 0 Å². The molecule has 0 radical (unpaired) electrons. The highest BCUT2D eigenvalue weighted by Gasteiger charge is 2.14. The number of nitrogens with zero attached hydrogens (tertiary/aromatic N) is 2. The Bertz CT molecular complexity index is 775. The Morgan fingerprint density at radius 3 is 2.59 bits per heavy atom. The van der Waals surface area contributed by atoms with E-state index in [4.69, 9.17) is 4.55 Å². The number of rotatable bonds is 5. The van der Waals surface area contributed by atoms with Crippen molar-refractivity contribution < 1.29 is 27.6 Å². The van der Waals surface area contributed by atoms with E-state index in [1.807, 2.05) is 0 Å². The van der Waals surface area contributed by atoms with Crippen molar-refractivity contribution in [1.82, 2.24) is 5.10 Å². The fraction of sp³-hybridized carbons (Fsp3) is 0.154. The minimum absolute atomic E-state index is 0.0276. The summed E-state index contributed by atoms with van der Waals surface area (Å²) in [6.07, 6.45) is 2.68. The molecule has 0 fully saturated rings. The van der Waals surface area contributed by atoms with Crippen LogP contribution in [-0.4, -0.2) is 34.8 Å². The predicted octanol–water partition coefficient (Wildman–Crippen LogP) is 0.215. The third-order valence-electron chi connectivity index (χ3n) is 2.76. The number of hydrogen-bond acceptors (Lipinski definition) is 5. The average molecular weight is 324 g/mol. The number of phenols is 1. The lowest BCUT2D eigenvalue weighted by Crippen LogP contribution is -2.40. The van der Waals surface area contributed by atoms with Gasteiger partial charge < -0.3 is 10.4 Å². The average Bonchev–Trinajstić information content (AvgIpc) is 2.47. The third kappa shape index (κ3) is 4.50. The van der Waals surface area contributed by atoms with Crippen LogP contribution in [0, 0.1) is 0 Å². The summed E-state index contributed by atoms with van der Waals surface area (Å²) in [4.78, 5) is 12.0. The molecule has 0 atom stereocenters. The van der Waals surface area contributed by atoms with Crippen LogP contribution in [0.4, 0.5) is 5.69 Å². The number of aryl methyl sites for hydroxylation is 1. The van der Waals surface area contributed by atoms with E-state index >= 15 is 0 Å². The van der Waals surface area contributed by atoms with Gasteiger partial charge in [-0.15, -0.1) is 0 Å². The molecule has 1 aromatic carbocycles. The lowest BCUT2D eigenvalue weighted by atomic mass is 10.2. The van der Waals surface area contributed by atoms with Gasteiger partial charge in [0, 0.05) is 6.07 Å². The first kappa shape index (κ1) is 15.9. The van der Waals surface area contributed by atoms with Gasteiger partial charge in [0.2, 0.25) is 0 Å². The highest BCUT2D eigenvalue weighted by atomic mass is 32.2.